The summed E-state index contributed by atoms with van der Waals surface area (Å²) in [5.41, 5.74) is 3.05. The number of carbonyl (C=O) groups is 2. The molecule has 2 amide bonds. The van der Waals surface area contributed by atoms with Crippen molar-refractivity contribution in [3.63, 3.8) is 0 Å². The average molecular weight is 419 g/mol. The number of ether oxygens (including phenoxy) is 1. The highest BCUT2D eigenvalue weighted by Crippen LogP contribution is 2.37. The van der Waals surface area contributed by atoms with Crippen molar-refractivity contribution in [2.45, 2.75) is 6.92 Å². The van der Waals surface area contributed by atoms with Gasteiger partial charge in [0, 0.05) is 16.3 Å². The molecule has 1 heterocycles. The zero-order valence-corrected chi connectivity index (χ0v) is 17.2. The number of nitrogens with one attached hydrogen (secondary N) is 1. The molecular weight excluding hydrogens is 400 g/mol. The molecular formula is C24H19ClN2O3. The molecule has 1 N–H and O–H groups in total. The lowest BCUT2D eigenvalue weighted by atomic mass is 10.0. The normalized spacial score (nSPS) is 13.8. The molecule has 30 heavy (non-hydrogen) atoms. The Kier molecular flexibility index (Phi) is 5.29. The van der Waals surface area contributed by atoms with Gasteiger partial charge >= 0.3 is 0 Å². The summed E-state index contributed by atoms with van der Waals surface area (Å²) in [6.45, 7) is 1.88. The first-order valence-electron chi connectivity index (χ1n) is 9.36. The van der Waals surface area contributed by atoms with Gasteiger partial charge in [-0.05, 0) is 48.9 Å². The standard InChI is InChI=1S/C24H19ClN2O3/c1-15-14-16(25)12-13-19(15)26-22-21(18-10-6-7-11-20(18)30-2)23(28)27(24(22)29)17-8-4-3-5-9-17/h3-14,26H,1-2H3. The molecule has 0 aliphatic carbocycles. The van der Waals surface area contributed by atoms with Crippen molar-refractivity contribution in [3.8, 4) is 5.75 Å². The van der Waals surface area contributed by atoms with Gasteiger partial charge in [-0.15, -0.1) is 0 Å². The first kappa shape index (κ1) is 19.7. The van der Waals surface area contributed by atoms with Gasteiger partial charge in [0.2, 0.25) is 0 Å². The van der Waals surface area contributed by atoms with Crippen LogP contribution in [0, 0.1) is 6.92 Å². The first-order valence-corrected chi connectivity index (χ1v) is 9.73. The van der Waals surface area contributed by atoms with E-state index in [0.717, 1.165) is 5.56 Å². The Balaban J connectivity index is 1.88. The van der Waals surface area contributed by atoms with Crippen LogP contribution in [0.4, 0.5) is 11.4 Å². The van der Waals surface area contributed by atoms with E-state index in [1.54, 1.807) is 60.7 Å². The van der Waals surface area contributed by atoms with Crippen LogP contribution in [0.5, 0.6) is 5.75 Å². The van der Waals surface area contributed by atoms with Gasteiger partial charge in [-0.3, -0.25) is 9.59 Å². The van der Waals surface area contributed by atoms with Crippen LogP contribution in [0.2, 0.25) is 5.02 Å². The van der Waals surface area contributed by atoms with Gasteiger partial charge in [0.1, 0.15) is 11.4 Å². The number of rotatable bonds is 5. The molecule has 1 aliphatic heterocycles. The van der Waals surface area contributed by atoms with E-state index < -0.39 is 11.8 Å². The molecule has 6 heteroatoms. The van der Waals surface area contributed by atoms with Crippen molar-refractivity contribution in [2.24, 2.45) is 0 Å². The fourth-order valence-corrected chi connectivity index (χ4v) is 3.69. The minimum atomic E-state index is -0.429. The van der Waals surface area contributed by atoms with E-state index in [1.165, 1.54) is 12.0 Å². The van der Waals surface area contributed by atoms with Gasteiger partial charge in [-0.25, -0.2) is 4.90 Å². The minimum absolute atomic E-state index is 0.193. The predicted molar refractivity (Wildman–Crippen MR) is 119 cm³/mol. The summed E-state index contributed by atoms with van der Waals surface area (Å²) in [6.07, 6.45) is 0. The van der Waals surface area contributed by atoms with Crippen LogP contribution >= 0.6 is 11.6 Å². The predicted octanol–water partition coefficient (Wildman–Crippen LogP) is 5.05. The van der Waals surface area contributed by atoms with Crippen LogP contribution in [-0.2, 0) is 9.59 Å². The van der Waals surface area contributed by atoms with E-state index in [2.05, 4.69) is 5.32 Å². The van der Waals surface area contributed by atoms with Crippen molar-refractivity contribution < 1.29 is 14.3 Å². The Morgan fingerprint density at radius 2 is 1.60 bits per heavy atom. The van der Waals surface area contributed by atoms with E-state index in [0.29, 0.717) is 27.7 Å². The largest absolute Gasteiger partial charge is 0.496 e. The fourth-order valence-electron chi connectivity index (χ4n) is 3.46. The van der Waals surface area contributed by atoms with E-state index in [9.17, 15) is 9.59 Å². The molecule has 3 aromatic rings. The van der Waals surface area contributed by atoms with Gasteiger partial charge in [0.15, 0.2) is 0 Å². The number of nitrogens with zero attached hydrogens (tertiary/aromatic N) is 1. The number of hydrogen-bond acceptors (Lipinski definition) is 4. The topological polar surface area (TPSA) is 58.6 Å². The third-order valence-corrected chi connectivity index (χ3v) is 5.16. The molecule has 3 aromatic carbocycles. The number of carbonyl (C=O) groups excluding carboxylic acids is 2. The summed E-state index contributed by atoms with van der Waals surface area (Å²) >= 11 is 6.07. The van der Waals surface area contributed by atoms with Crippen molar-refractivity contribution in [3.05, 3.63) is 94.6 Å². The highest BCUT2D eigenvalue weighted by molar-refractivity contribution is 6.46. The van der Waals surface area contributed by atoms with Gasteiger partial charge in [-0.1, -0.05) is 48.0 Å². The van der Waals surface area contributed by atoms with Crippen molar-refractivity contribution in [1.29, 1.82) is 0 Å². The average Bonchev–Trinajstić information content (AvgIpc) is 3.00. The Morgan fingerprint density at radius 1 is 0.900 bits per heavy atom. The fraction of sp³-hybridized carbons (Fsp3) is 0.0833. The molecule has 1 aliphatic rings. The lowest BCUT2D eigenvalue weighted by Crippen LogP contribution is -2.32. The summed E-state index contributed by atoms with van der Waals surface area (Å²) in [5, 5.41) is 3.76. The van der Waals surface area contributed by atoms with Crippen molar-refractivity contribution in [1.82, 2.24) is 0 Å². The number of anilines is 2. The van der Waals surface area contributed by atoms with Gasteiger partial charge in [0.05, 0.1) is 18.4 Å². The highest BCUT2D eigenvalue weighted by atomic mass is 35.5. The summed E-state index contributed by atoms with van der Waals surface area (Å²) in [5.74, 6) is -0.332. The Labute approximate surface area is 179 Å². The molecule has 0 radical (unpaired) electrons. The summed E-state index contributed by atoms with van der Waals surface area (Å²) < 4.78 is 5.46. The zero-order valence-electron chi connectivity index (χ0n) is 16.5. The van der Waals surface area contributed by atoms with Gasteiger partial charge < -0.3 is 10.1 Å². The number of benzene rings is 3. The molecule has 0 saturated carbocycles. The first-order chi connectivity index (χ1) is 14.5. The molecule has 0 bridgehead atoms. The Hall–Kier alpha value is -3.57. The maximum atomic E-state index is 13.5. The van der Waals surface area contributed by atoms with Crippen molar-refractivity contribution >= 4 is 40.4 Å². The van der Waals surface area contributed by atoms with Crippen LogP contribution in [0.3, 0.4) is 0 Å². The SMILES string of the molecule is COc1ccccc1C1=C(Nc2ccc(Cl)cc2C)C(=O)N(c2ccccc2)C1=O. The lowest BCUT2D eigenvalue weighted by Gasteiger charge is -2.15. The molecule has 0 saturated heterocycles. The van der Waals surface area contributed by atoms with Crippen molar-refractivity contribution in [2.75, 3.05) is 17.3 Å². The maximum Gasteiger partial charge on any atom is 0.282 e. The monoisotopic (exact) mass is 418 g/mol. The second-order valence-electron chi connectivity index (χ2n) is 6.82. The van der Waals surface area contributed by atoms with E-state index in [-0.39, 0.29) is 11.3 Å². The van der Waals surface area contributed by atoms with Gasteiger partial charge in [0.25, 0.3) is 11.8 Å². The van der Waals surface area contributed by atoms with Crippen LogP contribution < -0.4 is 15.0 Å². The van der Waals surface area contributed by atoms with Crippen LogP contribution in [0.1, 0.15) is 11.1 Å². The van der Waals surface area contributed by atoms with Crippen LogP contribution in [-0.4, -0.2) is 18.9 Å². The maximum absolute atomic E-state index is 13.5. The Bertz CT molecular complexity index is 1170. The third-order valence-electron chi connectivity index (χ3n) is 4.92. The van der Waals surface area contributed by atoms with Gasteiger partial charge in [-0.2, -0.15) is 0 Å². The number of amides is 2. The second-order valence-corrected chi connectivity index (χ2v) is 7.25. The number of halogens is 1. The minimum Gasteiger partial charge on any atom is -0.496 e. The van der Waals surface area contributed by atoms with Crippen LogP contribution in [0.25, 0.3) is 5.57 Å². The zero-order chi connectivity index (χ0) is 21.3. The molecule has 5 nitrogen and oxygen atoms in total. The number of hydrogen-bond donors (Lipinski definition) is 1. The molecule has 4 rings (SSSR count). The molecule has 0 unspecified atom stereocenters. The molecule has 0 spiro atoms. The third kappa shape index (κ3) is 3.44. The smallest absolute Gasteiger partial charge is 0.282 e. The molecule has 0 aromatic heterocycles. The van der Waals surface area contributed by atoms with E-state index in [1.807, 2.05) is 19.1 Å². The lowest BCUT2D eigenvalue weighted by molar-refractivity contribution is -0.120. The number of imide groups is 1. The summed E-state index contributed by atoms with van der Waals surface area (Å²) in [7, 11) is 1.53. The number of aryl methyl sites for hydroxylation is 1. The highest BCUT2D eigenvalue weighted by Gasteiger charge is 2.41. The quantitative estimate of drug-likeness (QED) is 0.589. The van der Waals surface area contributed by atoms with Crippen LogP contribution in [0.15, 0.2) is 78.5 Å². The van der Waals surface area contributed by atoms with E-state index in [4.69, 9.17) is 16.3 Å². The summed E-state index contributed by atoms with van der Waals surface area (Å²) in [4.78, 5) is 28.0. The molecule has 150 valence electrons. The number of methoxy groups -OCH3 is 1. The molecule has 0 atom stereocenters. The molecule has 0 fully saturated rings. The Morgan fingerprint density at radius 3 is 2.30 bits per heavy atom. The summed E-state index contributed by atoms with van der Waals surface area (Å²) in [6, 6.07) is 21.3. The second kappa shape index (κ2) is 8.05. The number of para-hydroxylation sites is 2. The van der Waals surface area contributed by atoms with E-state index >= 15 is 0 Å².